The van der Waals surface area contributed by atoms with Crippen LogP contribution < -0.4 is 4.74 Å². The fraction of sp³-hybridized carbons (Fsp3) is 0.333. The monoisotopic (exact) mass is 449 g/mol. The van der Waals surface area contributed by atoms with Crippen LogP contribution in [0.3, 0.4) is 0 Å². The molecular formula is C21H19F4N5O2. The number of hydrogen-bond acceptors (Lipinski definition) is 5. The van der Waals surface area contributed by atoms with Crippen molar-refractivity contribution in [3.05, 3.63) is 58.9 Å². The van der Waals surface area contributed by atoms with Crippen molar-refractivity contribution in [2.45, 2.75) is 39.1 Å². The summed E-state index contributed by atoms with van der Waals surface area (Å²) >= 11 is 0. The second-order valence-electron chi connectivity index (χ2n) is 7.41. The molecule has 1 amide bonds. The van der Waals surface area contributed by atoms with Crippen LogP contribution >= 0.6 is 0 Å². The number of halogens is 4. The maximum Gasteiger partial charge on any atom is 0.573 e. The summed E-state index contributed by atoms with van der Waals surface area (Å²) in [6.07, 6.45) is -2.82. The van der Waals surface area contributed by atoms with Crippen LogP contribution in [0.1, 0.15) is 46.7 Å². The molecule has 0 spiro atoms. The number of nitrogens with zero attached hydrogens (tertiary/aromatic N) is 4. The van der Waals surface area contributed by atoms with E-state index in [0.717, 1.165) is 23.8 Å². The lowest BCUT2D eigenvalue weighted by atomic mass is 9.88. The van der Waals surface area contributed by atoms with Gasteiger partial charge in [0.05, 0.1) is 29.2 Å². The minimum Gasteiger partial charge on any atom is -0.403 e. The van der Waals surface area contributed by atoms with Gasteiger partial charge in [-0.05, 0) is 31.5 Å². The number of amides is 1. The third kappa shape index (κ3) is 4.14. The number of nitrogens with one attached hydrogen (secondary N) is 1. The summed E-state index contributed by atoms with van der Waals surface area (Å²) in [5.74, 6) is -2.81. The summed E-state index contributed by atoms with van der Waals surface area (Å²) in [5.41, 5.74) is 2.39. The number of H-pyrrole nitrogens is 1. The average Bonchev–Trinajstić information content (AvgIpc) is 3.27. The quantitative estimate of drug-likeness (QED) is 0.599. The Morgan fingerprint density at radius 1 is 1.28 bits per heavy atom. The van der Waals surface area contributed by atoms with Crippen molar-refractivity contribution >= 4 is 5.91 Å². The molecule has 1 aromatic carbocycles. The average molecular weight is 449 g/mol. The summed E-state index contributed by atoms with van der Waals surface area (Å²) in [7, 11) is 0. The molecule has 4 rings (SSSR count). The number of hydrogen-bond donors (Lipinski definition) is 1. The normalized spacial score (nSPS) is 16.1. The Morgan fingerprint density at radius 2 is 2.06 bits per heavy atom. The summed E-state index contributed by atoms with van der Waals surface area (Å²) in [6.45, 7) is 3.97. The minimum absolute atomic E-state index is 0.0684. The first-order valence-corrected chi connectivity index (χ1v) is 9.88. The van der Waals surface area contributed by atoms with Gasteiger partial charge in [0, 0.05) is 24.2 Å². The molecule has 0 radical (unpaired) electrons. The molecule has 0 fully saturated rings. The Hall–Kier alpha value is -3.50. The number of alkyl halides is 3. The Morgan fingerprint density at radius 3 is 2.72 bits per heavy atom. The molecule has 0 bridgehead atoms. The molecule has 0 aliphatic carbocycles. The molecule has 1 aliphatic heterocycles. The van der Waals surface area contributed by atoms with E-state index in [1.165, 1.54) is 4.90 Å². The number of aryl methyl sites for hydroxylation is 1. The highest BCUT2D eigenvalue weighted by atomic mass is 19.4. The van der Waals surface area contributed by atoms with Gasteiger partial charge in [0.25, 0.3) is 5.91 Å². The van der Waals surface area contributed by atoms with Gasteiger partial charge in [0.15, 0.2) is 11.6 Å². The molecule has 11 heteroatoms. The molecule has 2 aromatic heterocycles. The SMILES string of the molecule is CCC1CN(C(=O)c2cccc(OC(F)(F)F)c2F)Cc2nc(C)nc(-c3ccn[nH]3)c21. The third-order valence-electron chi connectivity index (χ3n) is 5.28. The highest BCUT2D eigenvalue weighted by molar-refractivity contribution is 5.95. The van der Waals surface area contributed by atoms with Gasteiger partial charge in [-0.2, -0.15) is 5.10 Å². The molecular weight excluding hydrogens is 430 g/mol. The predicted molar refractivity (Wildman–Crippen MR) is 105 cm³/mol. The molecule has 1 N–H and O–H groups in total. The molecule has 1 atom stereocenters. The van der Waals surface area contributed by atoms with Crippen molar-refractivity contribution in [1.82, 2.24) is 25.1 Å². The fourth-order valence-electron chi connectivity index (χ4n) is 3.92. The van der Waals surface area contributed by atoms with Crippen molar-refractivity contribution in [2.24, 2.45) is 0 Å². The summed E-state index contributed by atoms with van der Waals surface area (Å²) < 4.78 is 56.1. The van der Waals surface area contributed by atoms with Gasteiger partial charge in [-0.25, -0.2) is 14.4 Å². The molecule has 0 saturated heterocycles. The van der Waals surface area contributed by atoms with Crippen LogP contribution in [0.2, 0.25) is 0 Å². The predicted octanol–water partition coefficient (Wildman–Crippen LogP) is 4.36. The van der Waals surface area contributed by atoms with Crippen molar-refractivity contribution in [2.75, 3.05) is 6.54 Å². The van der Waals surface area contributed by atoms with Crippen LogP contribution in [0.5, 0.6) is 5.75 Å². The minimum atomic E-state index is -5.07. The van der Waals surface area contributed by atoms with E-state index in [0.29, 0.717) is 29.3 Å². The van der Waals surface area contributed by atoms with Gasteiger partial charge >= 0.3 is 6.36 Å². The van der Waals surface area contributed by atoms with Crippen LogP contribution in [-0.2, 0) is 6.54 Å². The van der Waals surface area contributed by atoms with Crippen LogP contribution in [0, 0.1) is 12.7 Å². The zero-order valence-corrected chi connectivity index (χ0v) is 17.2. The lowest BCUT2D eigenvalue weighted by Crippen LogP contribution is -2.39. The van der Waals surface area contributed by atoms with Crippen molar-refractivity contribution in [3.63, 3.8) is 0 Å². The first-order valence-electron chi connectivity index (χ1n) is 9.88. The van der Waals surface area contributed by atoms with E-state index in [1.807, 2.05) is 6.92 Å². The van der Waals surface area contributed by atoms with Gasteiger partial charge in [-0.15, -0.1) is 13.2 Å². The smallest absolute Gasteiger partial charge is 0.403 e. The zero-order chi connectivity index (χ0) is 23.0. The van der Waals surface area contributed by atoms with Crippen LogP contribution in [0.4, 0.5) is 17.6 Å². The largest absolute Gasteiger partial charge is 0.573 e. The molecule has 1 aliphatic rings. The van der Waals surface area contributed by atoms with E-state index < -0.39 is 29.4 Å². The van der Waals surface area contributed by atoms with E-state index >= 15 is 0 Å². The number of rotatable bonds is 4. The van der Waals surface area contributed by atoms with E-state index in [9.17, 15) is 22.4 Å². The van der Waals surface area contributed by atoms with Crippen LogP contribution in [0.15, 0.2) is 30.5 Å². The number of fused-ring (bicyclic) bond motifs is 1. The Kier molecular flexibility index (Phi) is 5.57. The molecule has 3 heterocycles. The second kappa shape index (κ2) is 8.21. The van der Waals surface area contributed by atoms with Crippen molar-refractivity contribution < 1.29 is 27.1 Å². The van der Waals surface area contributed by atoms with Crippen molar-refractivity contribution in [3.8, 4) is 17.1 Å². The highest BCUT2D eigenvalue weighted by Gasteiger charge is 2.36. The van der Waals surface area contributed by atoms with Gasteiger partial charge in [-0.1, -0.05) is 13.0 Å². The fourth-order valence-corrected chi connectivity index (χ4v) is 3.92. The molecule has 1 unspecified atom stereocenters. The lowest BCUT2D eigenvalue weighted by Gasteiger charge is -2.34. The lowest BCUT2D eigenvalue weighted by molar-refractivity contribution is -0.275. The summed E-state index contributed by atoms with van der Waals surface area (Å²) in [6, 6.07) is 4.90. The number of carbonyl (C=O) groups is 1. The van der Waals surface area contributed by atoms with E-state index in [2.05, 4.69) is 24.9 Å². The number of carbonyl (C=O) groups excluding carboxylic acids is 1. The Bertz CT molecular complexity index is 1150. The van der Waals surface area contributed by atoms with Crippen LogP contribution in [-0.4, -0.2) is 43.9 Å². The van der Waals surface area contributed by atoms with Crippen molar-refractivity contribution in [1.29, 1.82) is 0 Å². The number of aromatic amines is 1. The first-order chi connectivity index (χ1) is 15.2. The topological polar surface area (TPSA) is 84.0 Å². The molecule has 168 valence electrons. The van der Waals surface area contributed by atoms with E-state index in [1.54, 1.807) is 19.2 Å². The zero-order valence-electron chi connectivity index (χ0n) is 17.2. The Labute approximate surface area is 180 Å². The molecule has 3 aromatic rings. The van der Waals surface area contributed by atoms with E-state index in [4.69, 9.17) is 0 Å². The standard InChI is InChI=1S/C21H19F4N5O2/c1-3-12-9-30(20(31)13-5-4-6-16(18(13)22)32-21(23,24)25)10-15-17(12)19(28-11(2)27-15)14-7-8-26-29-14/h4-8,12H,3,9-10H2,1-2H3,(H,26,29). The number of benzene rings is 1. The first kappa shape index (κ1) is 21.7. The van der Waals surface area contributed by atoms with Gasteiger partial charge < -0.3 is 9.64 Å². The third-order valence-corrected chi connectivity index (χ3v) is 5.28. The number of ether oxygens (including phenoxy) is 1. The van der Waals surface area contributed by atoms with E-state index in [-0.39, 0.29) is 19.0 Å². The van der Waals surface area contributed by atoms with Gasteiger partial charge in [-0.3, -0.25) is 9.89 Å². The van der Waals surface area contributed by atoms with Gasteiger partial charge in [0.2, 0.25) is 0 Å². The molecule has 0 saturated carbocycles. The second-order valence-corrected chi connectivity index (χ2v) is 7.41. The van der Waals surface area contributed by atoms with Crippen LogP contribution in [0.25, 0.3) is 11.4 Å². The molecule has 7 nitrogen and oxygen atoms in total. The maximum atomic E-state index is 14.7. The summed E-state index contributed by atoms with van der Waals surface area (Å²) in [5, 5.41) is 6.86. The maximum absolute atomic E-state index is 14.7. The summed E-state index contributed by atoms with van der Waals surface area (Å²) in [4.78, 5) is 23.5. The Balaban J connectivity index is 1.70. The molecule has 32 heavy (non-hydrogen) atoms. The van der Waals surface area contributed by atoms with Gasteiger partial charge in [0.1, 0.15) is 5.82 Å². The number of aromatic nitrogens is 4. The highest BCUT2D eigenvalue weighted by Crippen LogP contribution is 2.37.